The fraction of sp³-hybridized carbons (Fsp3) is 0.318. The van der Waals surface area contributed by atoms with Gasteiger partial charge in [0, 0.05) is 30.8 Å². The van der Waals surface area contributed by atoms with E-state index in [1.807, 2.05) is 24.3 Å². The molecular weight excluding hydrogens is 366 g/mol. The van der Waals surface area contributed by atoms with Crippen molar-refractivity contribution in [1.82, 2.24) is 14.9 Å². The van der Waals surface area contributed by atoms with Crippen molar-refractivity contribution in [3.63, 3.8) is 0 Å². The van der Waals surface area contributed by atoms with Crippen LogP contribution < -0.4 is 10.6 Å². The zero-order valence-corrected chi connectivity index (χ0v) is 16.4. The molecule has 0 unspecified atom stereocenters. The zero-order chi connectivity index (χ0) is 20.2. The number of imidazole rings is 1. The monoisotopic (exact) mass is 391 g/mol. The van der Waals surface area contributed by atoms with Crippen molar-refractivity contribution in [1.29, 1.82) is 0 Å². The van der Waals surface area contributed by atoms with Crippen LogP contribution >= 0.6 is 0 Å². The number of H-pyrrole nitrogens is 1. The Bertz CT molecular complexity index is 978. The molecule has 1 aliphatic heterocycles. The van der Waals surface area contributed by atoms with Crippen LogP contribution in [-0.2, 0) is 9.59 Å². The Morgan fingerprint density at radius 2 is 1.83 bits per heavy atom. The van der Waals surface area contributed by atoms with Crippen molar-refractivity contribution >= 4 is 34.2 Å². The minimum Gasteiger partial charge on any atom is -0.342 e. The lowest BCUT2D eigenvalue weighted by molar-refractivity contribution is -0.117. The Labute approximate surface area is 169 Å². The molecule has 2 amide bonds. The van der Waals surface area contributed by atoms with Crippen LogP contribution in [-0.4, -0.2) is 46.3 Å². The molecule has 1 fully saturated rings. The summed E-state index contributed by atoms with van der Waals surface area (Å²) < 4.78 is 0. The number of piperidine rings is 1. The molecule has 0 aliphatic carbocycles. The van der Waals surface area contributed by atoms with Crippen molar-refractivity contribution in [2.45, 2.75) is 25.7 Å². The first-order valence-electron chi connectivity index (χ1n) is 9.91. The summed E-state index contributed by atoms with van der Waals surface area (Å²) in [5.41, 5.74) is 3.47. The molecule has 3 aromatic rings. The zero-order valence-electron chi connectivity index (χ0n) is 16.4. The summed E-state index contributed by atoms with van der Waals surface area (Å²) in [6, 6.07) is 15.2. The van der Waals surface area contributed by atoms with E-state index in [1.54, 1.807) is 24.3 Å². The highest BCUT2D eigenvalue weighted by atomic mass is 16.2. The number of nitrogens with zero attached hydrogens (tertiary/aromatic N) is 2. The Balaban J connectivity index is 1.34. The van der Waals surface area contributed by atoms with Gasteiger partial charge in [-0.2, -0.15) is 0 Å². The van der Waals surface area contributed by atoms with Crippen molar-refractivity contribution < 1.29 is 9.59 Å². The van der Waals surface area contributed by atoms with Gasteiger partial charge < -0.3 is 15.6 Å². The number of aromatic amines is 1. The summed E-state index contributed by atoms with van der Waals surface area (Å²) in [6.07, 6.45) is 2.11. The van der Waals surface area contributed by atoms with Gasteiger partial charge in [0.05, 0.1) is 17.6 Å². The van der Waals surface area contributed by atoms with Gasteiger partial charge in [0.25, 0.3) is 0 Å². The molecule has 3 N–H and O–H groups in total. The average Bonchev–Trinajstić information content (AvgIpc) is 3.14. The third-order valence-corrected chi connectivity index (χ3v) is 5.16. The molecular formula is C22H25N5O2. The molecule has 150 valence electrons. The van der Waals surface area contributed by atoms with Crippen LogP contribution in [0.4, 0.5) is 11.4 Å². The number of nitrogens with one attached hydrogen (secondary N) is 3. The average molecular weight is 391 g/mol. The van der Waals surface area contributed by atoms with Crippen molar-refractivity contribution in [2.24, 2.45) is 0 Å². The van der Waals surface area contributed by atoms with E-state index in [9.17, 15) is 9.59 Å². The van der Waals surface area contributed by atoms with Gasteiger partial charge >= 0.3 is 0 Å². The maximum Gasteiger partial charge on any atom is 0.238 e. The molecule has 1 atom stereocenters. The smallest absolute Gasteiger partial charge is 0.238 e. The number of amides is 2. The Kier molecular flexibility index (Phi) is 5.57. The lowest BCUT2D eigenvalue weighted by Crippen LogP contribution is -2.40. The van der Waals surface area contributed by atoms with Crippen LogP contribution in [0.3, 0.4) is 0 Å². The fourth-order valence-corrected chi connectivity index (χ4v) is 3.83. The predicted molar refractivity (Wildman–Crippen MR) is 114 cm³/mol. The third-order valence-electron chi connectivity index (χ3n) is 5.16. The normalized spacial score (nSPS) is 17.2. The van der Waals surface area contributed by atoms with Gasteiger partial charge in [0.1, 0.15) is 5.82 Å². The Hall–Kier alpha value is -3.19. The molecule has 7 nitrogen and oxygen atoms in total. The number of para-hydroxylation sites is 2. The quantitative estimate of drug-likeness (QED) is 0.622. The molecule has 2 aromatic carbocycles. The third kappa shape index (κ3) is 4.81. The maximum atomic E-state index is 12.5. The summed E-state index contributed by atoms with van der Waals surface area (Å²) in [5.74, 6) is 1.15. The van der Waals surface area contributed by atoms with E-state index >= 15 is 0 Å². The van der Waals surface area contributed by atoms with Gasteiger partial charge in [-0.3, -0.25) is 14.5 Å². The lowest BCUT2D eigenvalue weighted by atomic mass is 9.97. The predicted octanol–water partition coefficient (Wildman–Crippen LogP) is 3.34. The van der Waals surface area contributed by atoms with E-state index in [-0.39, 0.29) is 11.8 Å². The number of carbonyl (C=O) groups is 2. The van der Waals surface area contributed by atoms with Crippen LogP contribution in [0.2, 0.25) is 0 Å². The Morgan fingerprint density at radius 1 is 1.10 bits per heavy atom. The van der Waals surface area contributed by atoms with Crippen molar-refractivity contribution in [3.05, 3.63) is 54.4 Å². The van der Waals surface area contributed by atoms with E-state index in [1.165, 1.54) is 6.92 Å². The SMILES string of the molecule is CC(=O)Nc1ccc(NC(=O)CN2CCC[C@@H](c3nc4ccccc4[nH]3)C2)cc1. The van der Waals surface area contributed by atoms with Gasteiger partial charge in [-0.25, -0.2) is 4.98 Å². The summed E-state index contributed by atoms with van der Waals surface area (Å²) in [6.45, 7) is 3.54. The molecule has 0 radical (unpaired) electrons. The van der Waals surface area contributed by atoms with Crippen LogP contribution in [0.15, 0.2) is 48.5 Å². The number of rotatable bonds is 5. The second-order valence-corrected chi connectivity index (χ2v) is 7.52. The van der Waals surface area contributed by atoms with Crippen LogP contribution in [0.5, 0.6) is 0 Å². The van der Waals surface area contributed by atoms with Gasteiger partial charge in [0.2, 0.25) is 11.8 Å². The second kappa shape index (κ2) is 8.45. The molecule has 0 spiro atoms. The minimum absolute atomic E-state index is 0.0393. The molecule has 2 heterocycles. The van der Waals surface area contributed by atoms with Crippen molar-refractivity contribution in [2.75, 3.05) is 30.3 Å². The van der Waals surface area contributed by atoms with Gasteiger partial charge in [-0.05, 0) is 55.8 Å². The van der Waals surface area contributed by atoms with Crippen molar-refractivity contribution in [3.8, 4) is 0 Å². The first-order chi connectivity index (χ1) is 14.1. The highest BCUT2D eigenvalue weighted by Gasteiger charge is 2.25. The number of benzene rings is 2. The van der Waals surface area contributed by atoms with Gasteiger partial charge in [-0.15, -0.1) is 0 Å². The number of carbonyl (C=O) groups excluding carboxylic acids is 2. The van der Waals surface area contributed by atoms with Crippen LogP contribution in [0.1, 0.15) is 31.5 Å². The fourth-order valence-electron chi connectivity index (χ4n) is 3.83. The summed E-state index contributed by atoms with van der Waals surface area (Å²) in [4.78, 5) is 33.9. The lowest BCUT2D eigenvalue weighted by Gasteiger charge is -2.31. The molecule has 0 bridgehead atoms. The van der Waals surface area contributed by atoms with Gasteiger partial charge in [0.15, 0.2) is 0 Å². The molecule has 7 heteroatoms. The molecule has 1 saturated heterocycles. The van der Waals surface area contributed by atoms with E-state index in [0.29, 0.717) is 18.2 Å². The van der Waals surface area contributed by atoms with E-state index in [0.717, 1.165) is 48.5 Å². The number of hydrogen-bond donors (Lipinski definition) is 3. The highest BCUT2D eigenvalue weighted by molar-refractivity contribution is 5.93. The van der Waals surface area contributed by atoms with E-state index in [2.05, 4.69) is 20.5 Å². The number of aromatic nitrogens is 2. The van der Waals surface area contributed by atoms with E-state index < -0.39 is 0 Å². The number of likely N-dealkylation sites (tertiary alicyclic amines) is 1. The highest BCUT2D eigenvalue weighted by Crippen LogP contribution is 2.26. The molecule has 1 aliphatic rings. The van der Waals surface area contributed by atoms with E-state index in [4.69, 9.17) is 4.98 Å². The first kappa shape index (κ1) is 19.1. The van der Waals surface area contributed by atoms with Gasteiger partial charge in [-0.1, -0.05) is 12.1 Å². The molecule has 0 saturated carbocycles. The maximum absolute atomic E-state index is 12.5. The molecule has 29 heavy (non-hydrogen) atoms. The standard InChI is InChI=1S/C22H25N5O2/c1-15(28)23-17-8-10-18(11-9-17)24-21(29)14-27-12-4-5-16(13-27)22-25-19-6-2-3-7-20(19)26-22/h2-3,6-11,16H,4-5,12-14H2,1H3,(H,23,28)(H,24,29)(H,25,26)/t16-/m1/s1. The first-order valence-corrected chi connectivity index (χ1v) is 9.91. The Morgan fingerprint density at radius 3 is 2.55 bits per heavy atom. The molecule has 1 aromatic heterocycles. The number of hydrogen-bond acceptors (Lipinski definition) is 4. The number of anilines is 2. The second-order valence-electron chi connectivity index (χ2n) is 7.52. The van der Waals surface area contributed by atoms with Crippen LogP contribution in [0.25, 0.3) is 11.0 Å². The number of fused-ring (bicyclic) bond motifs is 1. The topological polar surface area (TPSA) is 90.1 Å². The van der Waals surface area contributed by atoms with Crippen LogP contribution in [0, 0.1) is 0 Å². The minimum atomic E-state index is -0.120. The summed E-state index contributed by atoms with van der Waals surface area (Å²) in [7, 11) is 0. The largest absolute Gasteiger partial charge is 0.342 e. The summed E-state index contributed by atoms with van der Waals surface area (Å²) >= 11 is 0. The summed E-state index contributed by atoms with van der Waals surface area (Å²) in [5, 5.41) is 5.64. The molecule has 4 rings (SSSR count).